The second-order valence-electron chi connectivity index (χ2n) is 12.3. The van der Waals surface area contributed by atoms with Gasteiger partial charge in [-0.25, -0.2) is 0 Å². The average Bonchev–Trinajstić information content (AvgIpc) is 3.33. The number of rotatable bonds is 10. The second kappa shape index (κ2) is 12.9. The molecule has 2 aromatic rings. The van der Waals surface area contributed by atoms with Gasteiger partial charge in [-0.2, -0.15) is 0 Å². The standard InChI is InChI=1S/C33H48N2O2/c36-32(29-16-8-3-9-17-29)26-35-24-30(31(25-35)28-14-6-2-7-15-28)23-34-21-19-33(37,20-22-34)18-10-13-27-11-4-1-5-12-27/h1-2,4-7,11-12,14-15,29-32,36-37H,3,8-10,13,16-26H2/t30-,31+,32+/m0/s1. The molecule has 5 rings (SSSR count). The highest BCUT2D eigenvalue weighted by atomic mass is 16.3. The van der Waals surface area contributed by atoms with E-state index in [4.69, 9.17) is 0 Å². The number of aliphatic hydroxyl groups excluding tert-OH is 1. The number of nitrogens with zero attached hydrogens (tertiary/aromatic N) is 2. The summed E-state index contributed by atoms with van der Waals surface area (Å²) >= 11 is 0. The van der Waals surface area contributed by atoms with Crippen LogP contribution in [0.4, 0.5) is 0 Å². The largest absolute Gasteiger partial charge is 0.392 e. The maximum atomic E-state index is 11.3. The molecule has 0 bridgehead atoms. The molecule has 0 radical (unpaired) electrons. The fourth-order valence-electron chi connectivity index (χ4n) is 7.30. The smallest absolute Gasteiger partial charge is 0.0695 e. The normalized spacial score (nSPS) is 26.3. The topological polar surface area (TPSA) is 46.9 Å². The molecule has 37 heavy (non-hydrogen) atoms. The number of β-amino-alcohol motifs (C(OH)–C–C–N with tert-alkyl or cyclic N) is 1. The SMILES string of the molecule is O[C@H](CN1C[C@H](CN2CCC(O)(CCCc3ccccc3)CC2)[C@@H](c2ccccc2)C1)C1CCCCC1. The van der Waals surface area contributed by atoms with Crippen molar-refractivity contribution < 1.29 is 10.2 Å². The zero-order valence-corrected chi connectivity index (χ0v) is 22.7. The van der Waals surface area contributed by atoms with Crippen LogP contribution < -0.4 is 0 Å². The first-order chi connectivity index (χ1) is 18.1. The molecule has 3 aliphatic rings. The third-order valence-electron chi connectivity index (χ3n) is 9.61. The summed E-state index contributed by atoms with van der Waals surface area (Å²) in [6, 6.07) is 21.7. The molecule has 202 valence electrons. The van der Waals surface area contributed by atoms with Gasteiger partial charge in [-0.3, -0.25) is 4.90 Å². The molecule has 2 aromatic carbocycles. The third kappa shape index (κ3) is 7.44. The number of benzene rings is 2. The van der Waals surface area contributed by atoms with Crippen molar-refractivity contribution >= 4 is 0 Å². The average molecular weight is 505 g/mol. The van der Waals surface area contributed by atoms with Gasteiger partial charge in [0.1, 0.15) is 0 Å². The summed E-state index contributed by atoms with van der Waals surface area (Å²) in [4.78, 5) is 5.15. The molecular weight excluding hydrogens is 456 g/mol. The Morgan fingerprint density at radius 3 is 2.22 bits per heavy atom. The molecule has 1 aliphatic carbocycles. The Morgan fingerprint density at radius 1 is 0.838 bits per heavy atom. The van der Waals surface area contributed by atoms with Crippen molar-refractivity contribution in [3.63, 3.8) is 0 Å². The van der Waals surface area contributed by atoms with Gasteiger partial charge in [-0.15, -0.1) is 0 Å². The van der Waals surface area contributed by atoms with Crippen LogP contribution in [-0.2, 0) is 6.42 Å². The third-order valence-corrected chi connectivity index (χ3v) is 9.61. The molecule has 4 heteroatoms. The molecule has 0 spiro atoms. The molecule has 1 saturated carbocycles. The molecule has 3 fully saturated rings. The van der Waals surface area contributed by atoms with Crippen molar-refractivity contribution in [1.29, 1.82) is 0 Å². The minimum absolute atomic E-state index is 0.184. The van der Waals surface area contributed by atoms with E-state index in [9.17, 15) is 10.2 Å². The Kier molecular flexibility index (Phi) is 9.36. The minimum Gasteiger partial charge on any atom is -0.392 e. The minimum atomic E-state index is -0.504. The van der Waals surface area contributed by atoms with Gasteiger partial charge in [0.05, 0.1) is 11.7 Å². The van der Waals surface area contributed by atoms with Gasteiger partial charge < -0.3 is 15.1 Å². The molecular formula is C33H48N2O2. The summed E-state index contributed by atoms with van der Waals surface area (Å²) in [6.07, 6.45) is 10.9. The van der Waals surface area contributed by atoms with E-state index in [1.165, 1.54) is 43.2 Å². The molecule has 2 heterocycles. The van der Waals surface area contributed by atoms with Crippen LogP contribution in [0.15, 0.2) is 60.7 Å². The Bertz CT molecular complexity index is 922. The number of likely N-dealkylation sites (tertiary alicyclic amines) is 2. The van der Waals surface area contributed by atoms with E-state index < -0.39 is 5.60 Å². The molecule has 2 aliphatic heterocycles. The Balaban J connectivity index is 1.13. The van der Waals surface area contributed by atoms with Gasteiger partial charge in [0.2, 0.25) is 0 Å². The Hall–Kier alpha value is -1.72. The highest BCUT2D eigenvalue weighted by Crippen LogP contribution is 2.36. The zero-order chi connectivity index (χ0) is 25.5. The van der Waals surface area contributed by atoms with Crippen LogP contribution in [0, 0.1) is 11.8 Å². The number of hydrogen-bond acceptors (Lipinski definition) is 4. The number of aryl methyl sites for hydroxylation is 1. The van der Waals surface area contributed by atoms with Gasteiger partial charge in [0.25, 0.3) is 0 Å². The van der Waals surface area contributed by atoms with Crippen molar-refractivity contribution in [1.82, 2.24) is 9.80 Å². The van der Waals surface area contributed by atoms with E-state index in [0.29, 0.717) is 17.8 Å². The summed E-state index contributed by atoms with van der Waals surface area (Å²) in [5.74, 6) is 1.58. The molecule has 2 N–H and O–H groups in total. The lowest BCUT2D eigenvalue weighted by atomic mass is 9.84. The van der Waals surface area contributed by atoms with Crippen LogP contribution in [0.2, 0.25) is 0 Å². The van der Waals surface area contributed by atoms with Crippen molar-refractivity contribution in [2.75, 3.05) is 39.3 Å². The van der Waals surface area contributed by atoms with Crippen LogP contribution in [-0.4, -0.2) is 71.0 Å². The predicted molar refractivity (Wildman–Crippen MR) is 152 cm³/mol. The van der Waals surface area contributed by atoms with Gasteiger partial charge in [0, 0.05) is 45.2 Å². The number of piperidine rings is 1. The lowest BCUT2D eigenvalue weighted by molar-refractivity contribution is -0.0317. The predicted octanol–water partition coefficient (Wildman–Crippen LogP) is 5.49. The first-order valence-corrected chi connectivity index (χ1v) is 15.0. The Labute approximate surface area is 224 Å². The van der Waals surface area contributed by atoms with Crippen molar-refractivity contribution in [2.24, 2.45) is 11.8 Å². The van der Waals surface area contributed by atoms with Gasteiger partial charge in [-0.05, 0) is 67.9 Å². The first kappa shape index (κ1) is 26.9. The lowest BCUT2D eigenvalue weighted by Gasteiger charge is -2.40. The maximum absolute atomic E-state index is 11.3. The van der Waals surface area contributed by atoms with Gasteiger partial charge in [-0.1, -0.05) is 79.9 Å². The fraction of sp³-hybridized carbons (Fsp3) is 0.636. The monoisotopic (exact) mass is 504 g/mol. The molecule has 0 amide bonds. The van der Waals surface area contributed by atoms with E-state index in [-0.39, 0.29) is 6.10 Å². The molecule has 2 saturated heterocycles. The first-order valence-electron chi connectivity index (χ1n) is 15.0. The number of hydrogen-bond donors (Lipinski definition) is 2. The van der Waals surface area contributed by atoms with E-state index in [1.807, 2.05) is 0 Å². The summed E-state index contributed by atoms with van der Waals surface area (Å²) in [6.45, 7) is 6.02. The fourth-order valence-corrected chi connectivity index (χ4v) is 7.30. The summed E-state index contributed by atoms with van der Waals surface area (Å²) < 4.78 is 0. The lowest BCUT2D eigenvalue weighted by Crippen LogP contribution is -2.46. The molecule has 3 atom stereocenters. The second-order valence-corrected chi connectivity index (χ2v) is 12.3. The summed E-state index contributed by atoms with van der Waals surface area (Å²) in [5, 5.41) is 22.3. The van der Waals surface area contributed by atoms with Crippen LogP contribution in [0.25, 0.3) is 0 Å². The number of aliphatic hydroxyl groups is 2. The van der Waals surface area contributed by atoms with Crippen LogP contribution in [0.1, 0.15) is 74.8 Å². The van der Waals surface area contributed by atoms with E-state index in [2.05, 4.69) is 70.5 Å². The van der Waals surface area contributed by atoms with E-state index in [1.54, 1.807) is 0 Å². The zero-order valence-electron chi connectivity index (χ0n) is 22.7. The van der Waals surface area contributed by atoms with Crippen molar-refractivity contribution in [3.8, 4) is 0 Å². The van der Waals surface area contributed by atoms with Crippen LogP contribution >= 0.6 is 0 Å². The van der Waals surface area contributed by atoms with E-state index in [0.717, 1.165) is 71.4 Å². The van der Waals surface area contributed by atoms with Crippen molar-refractivity contribution in [2.45, 2.75) is 81.8 Å². The quantitative estimate of drug-likeness (QED) is 0.449. The van der Waals surface area contributed by atoms with Crippen molar-refractivity contribution in [3.05, 3.63) is 71.8 Å². The highest BCUT2D eigenvalue weighted by Gasteiger charge is 2.38. The van der Waals surface area contributed by atoms with Gasteiger partial charge in [0.15, 0.2) is 0 Å². The van der Waals surface area contributed by atoms with E-state index >= 15 is 0 Å². The Morgan fingerprint density at radius 2 is 1.51 bits per heavy atom. The van der Waals surface area contributed by atoms with Crippen LogP contribution in [0.5, 0.6) is 0 Å². The molecule has 0 aromatic heterocycles. The maximum Gasteiger partial charge on any atom is 0.0695 e. The van der Waals surface area contributed by atoms with Crippen LogP contribution in [0.3, 0.4) is 0 Å². The molecule has 0 unspecified atom stereocenters. The highest BCUT2D eigenvalue weighted by molar-refractivity contribution is 5.23. The molecule has 4 nitrogen and oxygen atoms in total. The summed E-state index contributed by atoms with van der Waals surface area (Å²) in [7, 11) is 0. The summed E-state index contributed by atoms with van der Waals surface area (Å²) in [5.41, 5.74) is 2.31. The van der Waals surface area contributed by atoms with Gasteiger partial charge >= 0.3 is 0 Å².